The van der Waals surface area contributed by atoms with Gasteiger partial charge in [-0.25, -0.2) is 4.79 Å². The molecule has 0 aliphatic heterocycles. The molecule has 0 unspecified atom stereocenters. The summed E-state index contributed by atoms with van der Waals surface area (Å²) in [5.74, 6) is -1.26. The highest BCUT2D eigenvalue weighted by Crippen LogP contribution is 2.19. The summed E-state index contributed by atoms with van der Waals surface area (Å²) in [6.07, 6.45) is 0. The third kappa shape index (κ3) is 3.44. The van der Waals surface area contributed by atoms with Crippen molar-refractivity contribution < 1.29 is 22.9 Å². The van der Waals surface area contributed by atoms with Gasteiger partial charge >= 0.3 is 16.3 Å². The molecule has 0 radical (unpaired) electrons. The fourth-order valence-electron chi connectivity index (χ4n) is 0.837. The normalized spacial score (nSPS) is 11.8. The van der Waals surface area contributed by atoms with Crippen molar-refractivity contribution in [2.24, 2.45) is 9.63 Å². The molecule has 1 aromatic carbocycles. The highest BCUT2D eigenvalue weighted by Gasteiger charge is 2.09. The molecule has 0 bridgehead atoms. The molecule has 80 valence electrons. The first-order valence-corrected chi connectivity index (χ1v) is 5.02. The van der Waals surface area contributed by atoms with E-state index in [1.165, 1.54) is 24.3 Å². The summed E-state index contributed by atoms with van der Waals surface area (Å²) in [7, 11) is -4.60. The van der Waals surface area contributed by atoms with E-state index >= 15 is 0 Å². The van der Waals surface area contributed by atoms with Gasteiger partial charge in [0.05, 0.1) is 5.56 Å². The van der Waals surface area contributed by atoms with Gasteiger partial charge in [-0.2, -0.15) is 8.42 Å². The molecule has 0 heterocycles. The number of carboxylic acids is 1. The molecule has 2 N–H and O–H groups in total. The topological polar surface area (TPSA) is 116 Å². The highest BCUT2D eigenvalue weighted by atomic mass is 32.2. The van der Waals surface area contributed by atoms with Crippen LogP contribution in [0, 0.1) is 0 Å². The number of aromatic carboxylic acids is 1. The lowest BCUT2D eigenvalue weighted by Gasteiger charge is -1.96. The Morgan fingerprint density at radius 2 is 1.87 bits per heavy atom. The van der Waals surface area contributed by atoms with Crippen LogP contribution in [0.3, 0.4) is 0 Å². The standard InChI is InChI=1S/C7H6N2O5S/c10-7(11)5-3-1-2-4-6(5)8-9-15(12,13)14/h1-4H,(H,10,11)(H,12,13,14). The third-order valence-corrected chi connectivity index (χ3v) is 1.67. The smallest absolute Gasteiger partial charge is 0.396 e. The van der Waals surface area contributed by atoms with Crippen LogP contribution in [-0.4, -0.2) is 24.0 Å². The van der Waals surface area contributed by atoms with Gasteiger partial charge in [-0.3, -0.25) is 4.55 Å². The fraction of sp³-hybridized carbons (Fsp3) is 0. The van der Waals surface area contributed by atoms with Crippen molar-refractivity contribution in [2.45, 2.75) is 0 Å². The number of hydrogen-bond donors (Lipinski definition) is 2. The molecular formula is C7H6N2O5S. The summed E-state index contributed by atoms with van der Waals surface area (Å²) in [6.45, 7) is 0. The van der Waals surface area contributed by atoms with E-state index < -0.39 is 16.3 Å². The van der Waals surface area contributed by atoms with Gasteiger partial charge in [0.25, 0.3) is 0 Å². The molecule has 0 atom stereocenters. The zero-order chi connectivity index (χ0) is 11.5. The van der Waals surface area contributed by atoms with E-state index in [0.717, 1.165) is 0 Å². The van der Waals surface area contributed by atoms with E-state index in [9.17, 15) is 13.2 Å². The van der Waals surface area contributed by atoms with Crippen LogP contribution in [0.4, 0.5) is 5.69 Å². The number of nitrogens with zero attached hydrogens (tertiary/aromatic N) is 2. The van der Waals surface area contributed by atoms with Gasteiger partial charge in [-0.15, -0.1) is 5.11 Å². The molecule has 7 nitrogen and oxygen atoms in total. The van der Waals surface area contributed by atoms with Crippen LogP contribution in [0.2, 0.25) is 0 Å². The van der Waals surface area contributed by atoms with Crippen LogP contribution in [0.5, 0.6) is 0 Å². The van der Waals surface area contributed by atoms with E-state index in [1.54, 1.807) is 0 Å². The lowest BCUT2D eigenvalue weighted by Crippen LogP contribution is -1.96. The van der Waals surface area contributed by atoms with Crippen LogP contribution < -0.4 is 0 Å². The van der Waals surface area contributed by atoms with Crippen molar-refractivity contribution in [3.63, 3.8) is 0 Å². The maximum atomic E-state index is 10.6. The first kappa shape index (κ1) is 11.3. The van der Waals surface area contributed by atoms with Gasteiger partial charge in [0.15, 0.2) is 0 Å². The molecule has 0 saturated carbocycles. The SMILES string of the molecule is O=C(O)c1ccccc1N=NS(=O)(=O)O. The van der Waals surface area contributed by atoms with Gasteiger partial charge in [-0.05, 0) is 16.7 Å². The molecule has 8 heteroatoms. The lowest BCUT2D eigenvalue weighted by molar-refractivity contribution is 0.0697. The number of carbonyl (C=O) groups is 1. The fourth-order valence-corrected chi connectivity index (χ4v) is 1.03. The summed E-state index contributed by atoms with van der Waals surface area (Å²) in [6, 6.07) is 5.42. The van der Waals surface area contributed by atoms with Crippen molar-refractivity contribution in [3.8, 4) is 0 Å². The third-order valence-electron chi connectivity index (χ3n) is 1.39. The molecule has 1 aromatic rings. The molecule has 0 amide bonds. The van der Waals surface area contributed by atoms with Crippen LogP contribution in [-0.2, 0) is 10.3 Å². The first-order chi connectivity index (χ1) is 6.90. The zero-order valence-electron chi connectivity index (χ0n) is 7.23. The summed E-state index contributed by atoms with van der Waals surface area (Å²) in [4.78, 5) is 10.6. The molecule has 0 aliphatic rings. The van der Waals surface area contributed by atoms with E-state index in [4.69, 9.17) is 9.66 Å². The first-order valence-electron chi connectivity index (χ1n) is 3.63. The van der Waals surface area contributed by atoms with Crippen molar-refractivity contribution in [1.82, 2.24) is 0 Å². The second kappa shape index (κ2) is 4.15. The van der Waals surface area contributed by atoms with Gasteiger partial charge in [-0.1, -0.05) is 12.1 Å². The van der Waals surface area contributed by atoms with Gasteiger partial charge in [0.1, 0.15) is 5.69 Å². The Hall–Kier alpha value is -1.80. The number of carboxylic acid groups (broad SMARTS) is 1. The van der Waals surface area contributed by atoms with Crippen molar-refractivity contribution in [1.29, 1.82) is 0 Å². The van der Waals surface area contributed by atoms with Crippen molar-refractivity contribution in [3.05, 3.63) is 29.8 Å². The van der Waals surface area contributed by atoms with Crippen LogP contribution in [0.15, 0.2) is 33.9 Å². The second-order valence-corrected chi connectivity index (χ2v) is 3.51. The molecule has 0 aromatic heterocycles. The monoisotopic (exact) mass is 230 g/mol. The lowest BCUT2D eigenvalue weighted by atomic mass is 10.2. The van der Waals surface area contributed by atoms with Crippen LogP contribution in [0.25, 0.3) is 0 Å². The van der Waals surface area contributed by atoms with Crippen LogP contribution in [0.1, 0.15) is 10.4 Å². The Balaban J connectivity index is 3.16. The number of hydrogen-bond acceptors (Lipinski definition) is 4. The zero-order valence-corrected chi connectivity index (χ0v) is 8.05. The van der Waals surface area contributed by atoms with Crippen molar-refractivity contribution >= 4 is 22.0 Å². The minimum absolute atomic E-state index is 0.150. The average molecular weight is 230 g/mol. The van der Waals surface area contributed by atoms with Gasteiger partial charge < -0.3 is 5.11 Å². The minimum Gasteiger partial charge on any atom is -0.478 e. The van der Waals surface area contributed by atoms with E-state index in [1.807, 2.05) is 0 Å². The van der Waals surface area contributed by atoms with Crippen molar-refractivity contribution in [2.75, 3.05) is 0 Å². The Morgan fingerprint density at radius 3 is 2.40 bits per heavy atom. The Morgan fingerprint density at radius 1 is 1.27 bits per heavy atom. The molecule has 1 rings (SSSR count). The molecule has 15 heavy (non-hydrogen) atoms. The van der Waals surface area contributed by atoms with E-state index in [2.05, 4.69) is 9.63 Å². The summed E-state index contributed by atoms with van der Waals surface area (Å²) >= 11 is 0. The van der Waals surface area contributed by atoms with E-state index in [0.29, 0.717) is 0 Å². The molecular weight excluding hydrogens is 224 g/mol. The maximum Gasteiger partial charge on any atom is 0.396 e. The van der Waals surface area contributed by atoms with Gasteiger partial charge in [0, 0.05) is 0 Å². The summed E-state index contributed by atoms with van der Waals surface area (Å²) in [5.41, 5.74) is -0.354. The molecule has 0 spiro atoms. The molecule has 0 aliphatic carbocycles. The molecule has 0 fully saturated rings. The number of benzene rings is 1. The highest BCUT2D eigenvalue weighted by molar-refractivity contribution is 7.84. The summed E-state index contributed by atoms with van der Waals surface area (Å²) in [5, 5.41) is 11.8. The quantitative estimate of drug-likeness (QED) is 0.599. The maximum absolute atomic E-state index is 10.6. The predicted molar refractivity (Wildman–Crippen MR) is 49.5 cm³/mol. The number of rotatable bonds is 3. The minimum atomic E-state index is -4.60. The molecule has 0 saturated heterocycles. The Labute approximate surface area is 85.0 Å². The predicted octanol–water partition coefficient (Wildman–Crippen LogP) is 1.27. The van der Waals surface area contributed by atoms with E-state index in [-0.39, 0.29) is 11.3 Å². The Kier molecular flexibility index (Phi) is 3.12. The average Bonchev–Trinajstić information content (AvgIpc) is 2.14. The largest absolute Gasteiger partial charge is 0.478 e. The Bertz CT molecular complexity index is 508. The summed E-state index contributed by atoms with van der Waals surface area (Å²) < 4.78 is 31.3. The van der Waals surface area contributed by atoms with Crippen LogP contribution >= 0.6 is 0 Å². The van der Waals surface area contributed by atoms with Gasteiger partial charge in [0.2, 0.25) is 0 Å². The second-order valence-electron chi connectivity index (χ2n) is 2.45.